The molecule has 0 spiro atoms. The summed E-state index contributed by atoms with van der Waals surface area (Å²) in [5.74, 6) is 0.683. The molecule has 2 saturated heterocycles. The van der Waals surface area contributed by atoms with Crippen LogP contribution in [-0.4, -0.2) is 47.2 Å². The maximum atomic E-state index is 6.12. The third kappa shape index (κ3) is 2.12. The van der Waals surface area contributed by atoms with E-state index in [2.05, 4.69) is 20.2 Å². The first-order chi connectivity index (χ1) is 8.78. The minimum absolute atomic E-state index is 0.350. The molecule has 1 N–H and O–H groups in total. The molecule has 2 unspecified atom stereocenters. The third-order valence-corrected chi connectivity index (χ3v) is 4.11. The molecule has 0 aromatic carbocycles. The van der Waals surface area contributed by atoms with E-state index in [1.165, 1.54) is 25.9 Å². The second kappa shape index (κ2) is 4.90. The van der Waals surface area contributed by atoms with Crippen molar-refractivity contribution in [1.29, 1.82) is 0 Å². The third-order valence-electron chi connectivity index (χ3n) is 3.83. The minimum atomic E-state index is 0.350. The van der Waals surface area contributed by atoms with Gasteiger partial charge in [-0.3, -0.25) is 4.90 Å². The standard InChI is InChI=1S/C12H17ClN4O/c1-18-12-14-7-8(13)11(16-12)15-9-4-6-17-5-2-3-10(9)17/h7,9-10H,2-6H2,1H3,(H,14,15,16). The number of rotatable bonds is 3. The Morgan fingerprint density at radius 1 is 1.44 bits per heavy atom. The maximum absolute atomic E-state index is 6.12. The lowest BCUT2D eigenvalue weighted by atomic mass is 10.1. The lowest BCUT2D eigenvalue weighted by molar-refractivity contribution is 0.318. The first-order valence-electron chi connectivity index (χ1n) is 6.35. The molecule has 2 fully saturated rings. The Morgan fingerprint density at radius 2 is 2.33 bits per heavy atom. The van der Waals surface area contributed by atoms with Gasteiger partial charge in [-0.25, -0.2) is 4.98 Å². The Kier molecular flexibility index (Phi) is 3.26. The van der Waals surface area contributed by atoms with Crippen LogP contribution in [-0.2, 0) is 0 Å². The number of hydrogen-bond acceptors (Lipinski definition) is 5. The van der Waals surface area contributed by atoms with Crippen molar-refractivity contribution in [3.05, 3.63) is 11.2 Å². The van der Waals surface area contributed by atoms with Crippen LogP contribution < -0.4 is 10.1 Å². The Balaban J connectivity index is 1.76. The number of fused-ring (bicyclic) bond motifs is 1. The quantitative estimate of drug-likeness (QED) is 0.906. The van der Waals surface area contributed by atoms with Gasteiger partial charge in [-0.1, -0.05) is 11.6 Å². The number of hydrogen-bond donors (Lipinski definition) is 1. The Labute approximate surface area is 112 Å². The zero-order valence-electron chi connectivity index (χ0n) is 10.4. The van der Waals surface area contributed by atoms with Gasteiger partial charge in [0.05, 0.1) is 13.3 Å². The molecule has 1 aromatic heterocycles. The number of halogens is 1. The molecule has 3 heterocycles. The molecule has 1 aromatic rings. The van der Waals surface area contributed by atoms with Crippen LogP contribution in [0, 0.1) is 0 Å². The van der Waals surface area contributed by atoms with Crippen molar-refractivity contribution in [2.45, 2.75) is 31.3 Å². The first kappa shape index (κ1) is 12.0. The van der Waals surface area contributed by atoms with E-state index >= 15 is 0 Å². The Morgan fingerprint density at radius 3 is 3.17 bits per heavy atom. The van der Waals surface area contributed by atoms with Gasteiger partial charge in [0, 0.05) is 18.6 Å². The molecule has 0 radical (unpaired) electrons. The predicted octanol–water partition coefficient (Wildman–Crippen LogP) is 1.79. The molecule has 5 nitrogen and oxygen atoms in total. The zero-order chi connectivity index (χ0) is 12.5. The monoisotopic (exact) mass is 268 g/mol. The minimum Gasteiger partial charge on any atom is -0.467 e. The second-order valence-electron chi connectivity index (χ2n) is 4.84. The number of anilines is 1. The Hall–Kier alpha value is -1.07. The second-order valence-corrected chi connectivity index (χ2v) is 5.25. The summed E-state index contributed by atoms with van der Waals surface area (Å²) in [7, 11) is 1.56. The van der Waals surface area contributed by atoms with Gasteiger partial charge >= 0.3 is 6.01 Å². The van der Waals surface area contributed by atoms with Crippen molar-refractivity contribution in [3.63, 3.8) is 0 Å². The summed E-state index contributed by atoms with van der Waals surface area (Å²) < 4.78 is 5.03. The highest BCUT2D eigenvalue weighted by molar-refractivity contribution is 6.32. The molecule has 0 amide bonds. The molecular formula is C12H17ClN4O. The van der Waals surface area contributed by atoms with Crippen LogP contribution in [0.4, 0.5) is 5.82 Å². The molecule has 18 heavy (non-hydrogen) atoms. The predicted molar refractivity (Wildman–Crippen MR) is 70.2 cm³/mol. The fourth-order valence-corrected chi connectivity index (χ4v) is 3.12. The summed E-state index contributed by atoms with van der Waals surface area (Å²) in [4.78, 5) is 10.8. The van der Waals surface area contributed by atoms with Crippen LogP contribution in [0.1, 0.15) is 19.3 Å². The number of nitrogens with zero attached hydrogens (tertiary/aromatic N) is 3. The molecule has 3 rings (SSSR count). The van der Waals surface area contributed by atoms with Crippen LogP contribution >= 0.6 is 11.6 Å². The van der Waals surface area contributed by atoms with Crippen molar-refractivity contribution in [1.82, 2.24) is 14.9 Å². The normalized spacial score (nSPS) is 27.2. The molecule has 0 saturated carbocycles. The highest BCUT2D eigenvalue weighted by Crippen LogP contribution is 2.31. The van der Waals surface area contributed by atoms with Crippen LogP contribution in [0.3, 0.4) is 0 Å². The first-order valence-corrected chi connectivity index (χ1v) is 6.73. The van der Waals surface area contributed by atoms with Gasteiger partial charge in [0.15, 0.2) is 5.82 Å². The fourth-order valence-electron chi connectivity index (χ4n) is 2.98. The SMILES string of the molecule is COc1ncc(Cl)c(NC2CCN3CCCC23)n1. The average Bonchev–Trinajstić information content (AvgIpc) is 2.96. The van der Waals surface area contributed by atoms with Crippen molar-refractivity contribution in [3.8, 4) is 6.01 Å². The van der Waals surface area contributed by atoms with E-state index in [1.807, 2.05) is 0 Å². The summed E-state index contributed by atoms with van der Waals surface area (Å²) in [6.07, 6.45) is 5.28. The summed E-state index contributed by atoms with van der Waals surface area (Å²) in [5.41, 5.74) is 0. The largest absolute Gasteiger partial charge is 0.467 e. The van der Waals surface area contributed by atoms with E-state index in [1.54, 1.807) is 13.3 Å². The smallest absolute Gasteiger partial charge is 0.318 e. The molecule has 2 aliphatic rings. The average molecular weight is 269 g/mol. The highest BCUT2D eigenvalue weighted by atomic mass is 35.5. The summed E-state index contributed by atoms with van der Waals surface area (Å²) in [6.45, 7) is 2.39. The number of nitrogens with one attached hydrogen (secondary N) is 1. The lowest BCUT2D eigenvalue weighted by Gasteiger charge is -2.22. The lowest BCUT2D eigenvalue weighted by Crippen LogP contribution is -2.34. The van der Waals surface area contributed by atoms with E-state index in [9.17, 15) is 0 Å². The Bertz CT molecular complexity index is 442. The van der Waals surface area contributed by atoms with Crippen molar-refractivity contribution < 1.29 is 4.74 Å². The topological polar surface area (TPSA) is 50.3 Å². The van der Waals surface area contributed by atoms with Gasteiger partial charge in [-0.2, -0.15) is 4.98 Å². The van der Waals surface area contributed by atoms with Crippen LogP contribution in [0.2, 0.25) is 5.02 Å². The number of aromatic nitrogens is 2. The number of methoxy groups -OCH3 is 1. The molecule has 0 aliphatic carbocycles. The van der Waals surface area contributed by atoms with E-state index in [0.717, 1.165) is 6.42 Å². The van der Waals surface area contributed by atoms with Gasteiger partial charge in [-0.05, 0) is 25.8 Å². The summed E-state index contributed by atoms with van der Waals surface area (Å²) in [5, 5.41) is 4.00. The zero-order valence-corrected chi connectivity index (χ0v) is 11.2. The van der Waals surface area contributed by atoms with Crippen molar-refractivity contribution >= 4 is 17.4 Å². The molecular weight excluding hydrogens is 252 g/mol. The number of ether oxygens (including phenoxy) is 1. The van der Waals surface area contributed by atoms with Crippen molar-refractivity contribution in [2.75, 3.05) is 25.5 Å². The maximum Gasteiger partial charge on any atom is 0.318 e. The van der Waals surface area contributed by atoms with E-state index in [4.69, 9.17) is 16.3 Å². The van der Waals surface area contributed by atoms with Gasteiger partial charge in [0.25, 0.3) is 0 Å². The van der Waals surface area contributed by atoms with E-state index in [-0.39, 0.29) is 0 Å². The van der Waals surface area contributed by atoms with Gasteiger partial charge in [0.2, 0.25) is 0 Å². The summed E-state index contributed by atoms with van der Waals surface area (Å²) >= 11 is 6.12. The van der Waals surface area contributed by atoms with Crippen LogP contribution in [0.15, 0.2) is 6.20 Å². The van der Waals surface area contributed by atoms with Crippen molar-refractivity contribution in [2.24, 2.45) is 0 Å². The molecule has 2 atom stereocenters. The van der Waals surface area contributed by atoms with Gasteiger partial charge in [-0.15, -0.1) is 0 Å². The fraction of sp³-hybridized carbons (Fsp3) is 0.667. The van der Waals surface area contributed by atoms with E-state index in [0.29, 0.717) is 28.9 Å². The molecule has 2 aliphatic heterocycles. The van der Waals surface area contributed by atoms with E-state index < -0.39 is 0 Å². The molecule has 98 valence electrons. The molecule has 6 heteroatoms. The summed E-state index contributed by atoms with van der Waals surface area (Å²) in [6, 6.07) is 1.41. The van der Waals surface area contributed by atoms with Gasteiger partial charge < -0.3 is 10.1 Å². The highest BCUT2D eigenvalue weighted by Gasteiger charge is 2.37. The molecule has 0 bridgehead atoms. The van der Waals surface area contributed by atoms with Gasteiger partial charge in [0.1, 0.15) is 5.02 Å². The van der Waals surface area contributed by atoms with Crippen LogP contribution in [0.5, 0.6) is 6.01 Å². The van der Waals surface area contributed by atoms with Crippen LogP contribution in [0.25, 0.3) is 0 Å².